The summed E-state index contributed by atoms with van der Waals surface area (Å²) in [5.74, 6) is 0.429. The third-order valence-corrected chi connectivity index (χ3v) is 5.55. The largest absolute Gasteiger partial charge is 0.463 e. The molecule has 0 aromatic carbocycles. The van der Waals surface area contributed by atoms with E-state index in [-0.39, 0.29) is 12.1 Å². The Kier molecular flexibility index (Phi) is 16.1. The smallest absolute Gasteiger partial charge is 0.330 e. The summed E-state index contributed by atoms with van der Waals surface area (Å²) in [6.07, 6.45) is 15.9. The SMILES string of the molecule is C=CC(=O)OCCCCCC(C)CCCCCCCCCCP(=O)(O)O. The van der Waals surface area contributed by atoms with E-state index >= 15 is 0 Å². The number of carbonyl (C=O) groups excluding carboxylic acids is 1. The summed E-state index contributed by atoms with van der Waals surface area (Å²) in [5, 5.41) is 0. The first-order valence-corrected chi connectivity index (χ1v) is 12.0. The van der Waals surface area contributed by atoms with Crippen LogP contribution in [0.1, 0.15) is 90.4 Å². The molecule has 6 heteroatoms. The van der Waals surface area contributed by atoms with Gasteiger partial charge in [0.2, 0.25) is 0 Å². The molecule has 26 heavy (non-hydrogen) atoms. The second-order valence-corrected chi connectivity index (χ2v) is 9.11. The number of esters is 1. The number of hydrogen-bond acceptors (Lipinski definition) is 3. The minimum absolute atomic E-state index is 0.0326. The van der Waals surface area contributed by atoms with E-state index in [4.69, 9.17) is 14.5 Å². The number of unbranched alkanes of at least 4 members (excludes halogenated alkanes) is 9. The molecule has 0 bridgehead atoms. The average molecular weight is 391 g/mol. The molecular weight excluding hydrogens is 351 g/mol. The standard InChI is InChI=1S/C20H39O5P/c1-3-20(21)25-17-13-10-12-16-19(2)15-11-8-6-4-5-7-9-14-18-26(22,23)24/h3,19H,1,4-18H2,2H3,(H2,22,23,24). The van der Waals surface area contributed by atoms with Gasteiger partial charge in [-0.05, 0) is 18.8 Å². The van der Waals surface area contributed by atoms with Crippen molar-refractivity contribution in [1.29, 1.82) is 0 Å². The predicted molar refractivity (Wildman–Crippen MR) is 107 cm³/mol. The molecule has 1 atom stereocenters. The monoisotopic (exact) mass is 390 g/mol. The van der Waals surface area contributed by atoms with E-state index in [0.29, 0.717) is 13.0 Å². The van der Waals surface area contributed by atoms with Gasteiger partial charge in [0.1, 0.15) is 0 Å². The molecule has 0 aliphatic heterocycles. The summed E-state index contributed by atoms with van der Waals surface area (Å²) >= 11 is 0. The van der Waals surface area contributed by atoms with Crippen LogP contribution in [-0.4, -0.2) is 28.5 Å². The molecule has 0 heterocycles. The molecule has 0 aliphatic carbocycles. The average Bonchev–Trinajstić information content (AvgIpc) is 2.58. The van der Waals surface area contributed by atoms with Crippen LogP contribution < -0.4 is 0 Å². The van der Waals surface area contributed by atoms with Gasteiger partial charge in [-0.3, -0.25) is 4.57 Å². The highest BCUT2D eigenvalue weighted by Crippen LogP contribution is 2.35. The fourth-order valence-corrected chi connectivity index (χ4v) is 3.65. The first-order chi connectivity index (χ1) is 12.3. The first kappa shape index (κ1) is 25.4. The molecular formula is C20H39O5P. The van der Waals surface area contributed by atoms with Crippen LogP contribution in [0.3, 0.4) is 0 Å². The van der Waals surface area contributed by atoms with Crippen molar-refractivity contribution < 1.29 is 23.9 Å². The second-order valence-electron chi connectivity index (χ2n) is 7.33. The maximum atomic E-state index is 10.9. The molecule has 154 valence electrons. The zero-order valence-corrected chi connectivity index (χ0v) is 17.4. The first-order valence-electron chi connectivity index (χ1n) is 10.2. The van der Waals surface area contributed by atoms with Gasteiger partial charge in [-0.15, -0.1) is 0 Å². The van der Waals surface area contributed by atoms with Crippen LogP contribution in [0.15, 0.2) is 12.7 Å². The lowest BCUT2D eigenvalue weighted by Crippen LogP contribution is -2.02. The Labute approximate surface area is 159 Å². The Bertz CT molecular complexity index is 405. The predicted octanol–water partition coefficient (Wildman–Crippen LogP) is 5.60. The van der Waals surface area contributed by atoms with Crippen molar-refractivity contribution in [2.45, 2.75) is 90.4 Å². The number of ether oxygens (including phenoxy) is 1. The molecule has 1 unspecified atom stereocenters. The van der Waals surface area contributed by atoms with Crippen molar-refractivity contribution in [2.24, 2.45) is 5.92 Å². The summed E-state index contributed by atoms with van der Waals surface area (Å²) < 4.78 is 15.7. The fourth-order valence-electron chi connectivity index (χ4n) is 3.02. The molecule has 0 fully saturated rings. The van der Waals surface area contributed by atoms with Gasteiger partial charge in [0.15, 0.2) is 0 Å². The molecule has 5 nitrogen and oxygen atoms in total. The number of rotatable bonds is 18. The van der Waals surface area contributed by atoms with Crippen LogP contribution in [0.25, 0.3) is 0 Å². The molecule has 0 saturated carbocycles. The van der Waals surface area contributed by atoms with E-state index in [1.54, 1.807) is 0 Å². The van der Waals surface area contributed by atoms with Crippen molar-refractivity contribution in [1.82, 2.24) is 0 Å². The molecule has 0 radical (unpaired) electrons. The van der Waals surface area contributed by atoms with Crippen LogP contribution in [-0.2, 0) is 14.1 Å². The lowest BCUT2D eigenvalue weighted by atomic mass is 9.96. The highest BCUT2D eigenvalue weighted by atomic mass is 31.2. The van der Waals surface area contributed by atoms with Gasteiger partial charge in [0, 0.05) is 12.2 Å². The van der Waals surface area contributed by atoms with Crippen molar-refractivity contribution >= 4 is 13.6 Å². The molecule has 0 rings (SSSR count). The second kappa shape index (κ2) is 16.5. The van der Waals surface area contributed by atoms with E-state index in [0.717, 1.165) is 31.6 Å². The van der Waals surface area contributed by atoms with Gasteiger partial charge in [0.25, 0.3) is 0 Å². The van der Waals surface area contributed by atoms with Gasteiger partial charge in [-0.2, -0.15) is 0 Å². The Morgan fingerprint density at radius 3 is 1.88 bits per heavy atom. The van der Waals surface area contributed by atoms with Crippen molar-refractivity contribution in [2.75, 3.05) is 12.8 Å². The highest BCUT2D eigenvalue weighted by Gasteiger charge is 2.10. The van der Waals surface area contributed by atoms with Gasteiger partial charge in [-0.1, -0.05) is 84.1 Å². The minimum Gasteiger partial charge on any atom is -0.463 e. The zero-order chi connectivity index (χ0) is 19.7. The zero-order valence-electron chi connectivity index (χ0n) is 16.5. The number of hydrogen-bond donors (Lipinski definition) is 2. The Balaban J connectivity index is 3.26. The van der Waals surface area contributed by atoms with Crippen molar-refractivity contribution in [3.8, 4) is 0 Å². The molecule has 0 aliphatic rings. The van der Waals surface area contributed by atoms with Crippen LogP contribution in [0.5, 0.6) is 0 Å². The Morgan fingerprint density at radius 1 is 0.923 bits per heavy atom. The van der Waals surface area contributed by atoms with E-state index in [1.807, 2.05) is 0 Å². The van der Waals surface area contributed by atoms with Gasteiger partial charge in [-0.25, -0.2) is 4.79 Å². The molecule has 0 saturated heterocycles. The topological polar surface area (TPSA) is 83.8 Å². The maximum absolute atomic E-state index is 10.9. The van der Waals surface area contributed by atoms with Crippen LogP contribution in [0.4, 0.5) is 0 Å². The summed E-state index contributed by atoms with van der Waals surface area (Å²) in [4.78, 5) is 28.4. The van der Waals surface area contributed by atoms with Gasteiger partial charge in [0.05, 0.1) is 6.61 Å². The summed E-state index contributed by atoms with van der Waals surface area (Å²) in [6, 6.07) is 0. The summed E-state index contributed by atoms with van der Waals surface area (Å²) in [7, 11) is -3.79. The maximum Gasteiger partial charge on any atom is 0.330 e. The van der Waals surface area contributed by atoms with Crippen LogP contribution in [0, 0.1) is 5.92 Å². The van der Waals surface area contributed by atoms with E-state index in [9.17, 15) is 9.36 Å². The normalized spacial score (nSPS) is 12.7. The van der Waals surface area contributed by atoms with Crippen molar-refractivity contribution in [3.05, 3.63) is 12.7 Å². The lowest BCUT2D eigenvalue weighted by molar-refractivity contribution is -0.137. The molecule has 2 N–H and O–H groups in total. The highest BCUT2D eigenvalue weighted by molar-refractivity contribution is 7.51. The van der Waals surface area contributed by atoms with Crippen LogP contribution >= 0.6 is 7.60 Å². The molecule has 0 amide bonds. The minimum atomic E-state index is -3.79. The molecule has 0 aromatic heterocycles. The van der Waals surface area contributed by atoms with Crippen molar-refractivity contribution in [3.63, 3.8) is 0 Å². The van der Waals surface area contributed by atoms with E-state index in [2.05, 4.69) is 13.5 Å². The Morgan fingerprint density at radius 2 is 1.38 bits per heavy atom. The molecule has 0 spiro atoms. The lowest BCUT2D eigenvalue weighted by Gasteiger charge is -2.11. The molecule has 0 aromatic rings. The fraction of sp³-hybridized carbons (Fsp3) is 0.850. The van der Waals surface area contributed by atoms with Gasteiger partial charge < -0.3 is 14.5 Å². The summed E-state index contributed by atoms with van der Waals surface area (Å²) in [6.45, 7) is 6.19. The number of carbonyl (C=O) groups is 1. The van der Waals surface area contributed by atoms with E-state index < -0.39 is 7.60 Å². The quantitative estimate of drug-likeness (QED) is 0.138. The van der Waals surface area contributed by atoms with Crippen LogP contribution in [0.2, 0.25) is 0 Å². The third-order valence-electron chi connectivity index (χ3n) is 4.65. The van der Waals surface area contributed by atoms with Gasteiger partial charge >= 0.3 is 13.6 Å². The third kappa shape index (κ3) is 19.7. The summed E-state index contributed by atoms with van der Waals surface area (Å²) in [5.41, 5.74) is 0. The van der Waals surface area contributed by atoms with E-state index in [1.165, 1.54) is 57.4 Å². The Hall–Kier alpha value is -0.640.